The Morgan fingerprint density at radius 3 is 2.62 bits per heavy atom. The molecule has 1 unspecified atom stereocenters. The highest BCUT2D eigenvalue weighted by Crippen LogP contribution is 2.17. The zero-order chi connectivity index (χ0) is 18.4. The van der Waals surface area contributed by atoms with Gasteiger partial charge < -0.3 is 9.80 Å². The summed E-state index contributed by atoms with van der Waals surface area (Å²) < 4.78 is 0. The molecule has 3 heterocycles. The molecule has 1 aromatic heterocycles. The maximum Gasteiger partial charge on any atom is 0.236 e. The number of thiophene rings is 1. The standard InChI is InChI=1S/C20H31N3O2S/c1-17-6-2-3-10-23(17)20(25)16-21-11-13-22(14-12-21)19(24)9-4-7-18-8-5-15-26-18/h5,8,15,17H,2-4,6-7,9-14,16H2,1H3. The third-order valence-electron chi connectivity index (χ3n) is 5.60. The van der Waals surface area contributed by atoms with Crippen LogP contribution in [-0.4, -0.2) is 71.8 Å². The van der Waals surface area contributed by atoms with Crippen molar-refractivity contribution in [3.05, 3.63) is 22.4 Å². The first-order chi connectivity index (χ1) is 12.6. The predicted octanol–water partition coefficient (Wildman–Crippen LogP) is 2.62. The van der Waals surface area contributed by atoms with E-state index >= 15 is 0 Å². The van der Waals surface area contributed by atoms with E-state index in [0.717, 1.165) is 58.4 Å². The molecule has 2 amide bonds. The van der Waals surface area contributed by atoms with Crippen LogP contribution in [0.4, 0.5) is 0 Å². The summed E-state index contributed by atoms with van der Waals surface area (Å²) in [6.45, 7) is 6.69. The van der Waals surface area contributed by atoms with Crippen LogP contribution in [0.2, 0.25) is 0 Å². The van der Waals surface area contributed by atoms with Crippen molar-refractivity contribution in [3.63, 3.8) is 0 Å². The summed E-state index contributed by atoms with van der Waals surface area (Å²) in [6, 6.07) is 4.57. The molecule has 0 aromatic carbocycles. The number of hydrogen-bond acceptors (Lipinski definition) is 4. The van der Waals surface area contributed by atoms with Crippen LogP contribution in [-0.2, 0) is 16.0 Å². The lowest BCUT2D eigenvalue weighted by molar-refractivity contribution is -0.137. The van der Waals surface area contributed by atoms with Crippen LogP contribution in [0.25, 0.3) is 0 Å². The lowest BCUT2D eigenvalue weighted by Gasteiger charge is -2.38. The molecule has 0 saturated carbocycles. The van der Waals surface area contributed by atoms with Crippen LogP contribution in [0.3, 0.4) is 0 Å². The summed E-state index contributed by atoms with van der Waals surface area (Å²) >= 11 is 1.76. The van der Waals surface area contributed by atoms with Gasteiger partial charge in [-0.25, -0.2) is 0 Å². The maximum absolute atomic E-state index is 12.6. The lowest BCUT2D eigenvalue weighted by Crippen LogP contribution is -2.53. The smallest absolute Gasteiger partial charge is 0.236 e. The van der Waals surface area contributed by atoms with E-state index in [1.165, 1.54) is 11.3 Å². The number of hydrogen-bond donors (Lipinski definition) is 0. The molecule has 2 saturated heterocycles. The first-order valence-corrected chi connectivity index (χ1v) is 10.8. The molecule has 0 radical (unpaired) electrons. The number of carbonyl (C=O) groups is 2. The quantitative estimate of drug-likeness (QED) is 0.765. The SMILES string of the molecule is CC1CCCCN1C(=O)CN1CCN(C(=O)CCCc2cccs2)CC1. The molecule has 0 aliphatic carbocycles. The highest BCUT2D eigenvalue weighted by Gasteiger charge is 2.27. The average Bonchev–Trinajstić information content (AvgIpc) is 3.16. The van der Waals surface area contributed by atoms with E-state index in [2.05, 4.69) is 29.3 Å². The van der Waals surface area contributed by atoms with Gasteiger partial charge in [0.15, 0.2) is 0 Å². The minimum Gasteiger partial charge on any atom is -0.340 e. The molecule has 0 spiro atoms. The van der Waals surface area contributed by atoms with Gasteiger partial charge in [0.05, 0.1) is 6.54 Å². The molecule has 0 bridgehead atoms. The second-order valence-electron chi connectivity index (χ2n) is 7.52. The molecule has 1 atom stereocenters. The number of piperidine rings is 1. The number of likely N-dealkylation sites (tertiary alicyclic amines) is 1. The minimum atomic E-state index is 0.257. The van der Waals surface area contributed by atoms with Gasteiger partial charge in [-0.2, -0.15) is 0 Å². The van der Waals surface area contributed by atoms with E-state index in [-0.39, 0.29) is 11.8 Å². The molecule has 2 aliphatic rings. The van der Waals surface area contributed by atoms with Crippen LogP contribution < -0.4 is 0 Å². The molecule has 6 heteroatoms. The number of amides is 2. The van der Waals surface area contributed by atoms with Crippen molar-refractivity contribution < 1.29 is 9.59 Å². The van der Waals surface area contributed by atoms with E-state index in [0.29, 0.717) is 19.0 Å². The van der Waals surface area contributed by atoms with Crippen molar-refractivity contribution in [2.75, 3.05) is 39.3 Å². The second-order valence-corrected chi connectivity index (χ2v) is 8.55. The van der Waals surface area contributed by atoms with E-state index < -0.39 is 0 Å². The molecule has 26 heavy (non-hydrogen) atoms. The zero-order valence-electron chi connectivity index (χ0n) is 15.9. The van der Waals surface area contributed by atoms with Crippen LogP contribution in [0.1, 0.15) is 43.9 Å². The summed E-state index contributed by atoms with van der Waals surface area (Å²) in [5, 5.41) is 2.09. The largest absolute Gasteiger partial charge is 0.340 e. The molecule has 144 valence electrons. The van der Waals surface area contributed by atoms with Crippen molar-refractivity contribution in [2.45, 2.75) is 51.5 Å². The monoisotopic (exact) mass is 377 g/mol. The maximum atomic E-state index is 12.6. The van der Waals surface area contributed by atoms with E-state index in [9.17, 15) is 9.59 Å². The number of rotatable bonds is 6. The summed E-state index contributed by atoms with van der Waals surface area (Å²) in [5.74, 6) is 0.519. The average molecular weight is 378 g/mol. The van der Waals surface area contributed by atoms with Crippen molar-refractivity contribution >= 4 is 23.2 Å². The Morgan fingerprint density at radius 1 is 1.12 bits per heavy atom. The Labute approximate surface area is 161 Å². The molecule has 3 rings (SSSR count). The molecule has 2 aliphatic heterocycles. The normalized spacial score (nSPS) is 21.8. The summed E-state index contributed by atoms with van der Waals surface area (Å²) in [5.41, 5.74) is 0. The third kappa shape index (κ3) is 5.30. The number of aryl methyl sites for hydroxylation is 1. The van der Waals surface area contributed by atoms with Crippen LogP contribution in [0.15, 0.2) is 17.5 Å². The first kappa shape index (κ1) is 19.4. The van der Waals surface area contributed by atoms with Crippen molar-refractivity contribution in [1.29, 1.82) is 0 Å². The third-order valence-corrected chi connectivity index (χ3v) is 6.54. The summed E-state index contributed by atoms with van der Waals surface area (Å²) in [4.78, 5) is 32.5. The lowest BCUT2D eigenvalue weighted by atomic mass is 10.0. The van der Waals surface area contributed by atoms with Gasteiger partial charge >= 0.3 is 0 Å². The van der Waals surface area contributed by atoms with Crippen LogP contribution in [0, 0.1) is 0 Å². The van der Waals surface area contributed by atoms with Gasteiger partial charge in [0.25, 0.3) is 0 Å². The fourth-order valence-corrected chi connectivity index (χ4v) is 4.68. The van der Waals surface area contributed by atoms with E-state index in [1.807, 2.05) is 9.80 Å². The zero-order valence-corrected chi connectivity index (χ0v) is 16.7. The fraction of sp³-hybridized carbons (Fsp3) is 0.700. The molecule has 1 aromatic rings. The second kappa shape index (κ2) is 9.51. The molecular formula is C20H31N3O2S. The predicted molar refractivity (Wildman–Crippen MR) is 105 cm³/mol. The Bertz CT molecular complexity index is 582. The van der Waals surface area contributed by atoms with Gasteiger partial charge in [0, 0.05) is 50.1 Å². The van der Waals surface area contributed by atoms with Gasteiger partial charge in [-0.15, -0.1) is 11.3 Å². The number of carbonyl (C=O) groups excluding carboxylic acids is 2. The van der Waals surface area contributed by atoms with Gasteiger partial charge in [-0.1, -0.05) is 6.07 Å². The van der Waals surface area contributed by atoms with Crippen LogP contribution >= 0.6 is 11.3 Å². The Kier molecular flexibility index (Phi) is 7.08. The topological polar surface area (TPSA) is 43.9 Å². The molecule has 0 N–H and O–H groups in total. The van der Waals surface area contributed by atoms with Crippen LogP contribution in [0.5, 0.6) is 0 Å². The van der Waals surface area contributed by atoms with E-state index in [4.69, 9.17) is 0 Å². The van der Waals surface area contributed by atoms with Crippen molar-refractivity contribution in [2.24, 2.45) is 0 Å². The highest BCUT2D eigenvalue weighted by molar-refractivity contribution is 7.09. The Hall–Kier alpha value is -1.40. The van der Waals surface area contributed by atoms with Gasteiger partial charge in [0.2, 0.25) is 11.8 Å². The number of piperazine rings is 1. The summed E-state index contributed by atoms with van der Waals surface area (Å²) in [6.07, 6.45) is 6.03. The highest BCUT2D eigenvalue weighted by atomic mass is 32.1. The fourth-order valence-electron chi connectivity index (χ4n) is 3.93. The number of nitrogens with zero attached hydrogens (tertiary/aromatic N) is 3. The molecule has 2 fully saturated rings. The minimum absolute atomic E-state index is 0.257. The van der Waals surface area contributed by atoms with Crippen molar-refractivity contribution in [1.82, 2.24) is 14.7 Å². The Balaban J connectivity index is 1.35. The van der Waals surface area contributed by atoms with Gasteiger partial charge in [0.1, 0.15) is 0 Å². The van der Waals surface area contributed by atoms with Gasteiger partial charge in [-0.05, 0) is 50.5 Å². The summed E-state index contributed by atoms with van der Waals surface area (Å²) in [7, 11) is 0. The first-order valence-electron chi connectivity index (χ1n) is 9.95. The van der Waals surface area contributed by atoms with Crippen molar-refractivity contribution in [3.8, 4) is 0 Å². The van der Waals surface area contributed by atoms with E-state index in [1.54, 1.807) is 11.3 Å². The Morgan fingerprint density at radius 2 is 1.92 bits per heavy atom. The molecular weight excluding hydrogens is 346 g/mol. The van der Waals surface area contributed by atoms with Gasteiger partial charge in [-0.3, -0.25) is 14.5 Å². The molecule has 5 nitrogen and oxygen atoms in total.